The maximum absolute atomic E-state index is 12.1. The number of carboxylic acids is 2. The van der Waals surface area contributed by atoms with E-state index in [1.165, 1.54) is 15.5 Å². The predicted octanol–water partition coefficient (Wildman–Crippen LogP) is 4.55. The first kappa shape index (κ1) is 25.2. The highest BCUT2D eigenvalue weighted by Gasteiger charge is 2.23. The second-order valence-electron chi connectivity index (χ2n) is 7.35. The van der Waals surface area contributed by atoms with Crippen LogP contribution >= 0.6 is 11.8 Å². The highest BCUT2D eigenvalue weighted by atomic mass is 32.2. The lowest BCUT2D eigenvalue weighted by Gasteiger charge is -2.33. The zero-order valence-electron chi connectivity index (χ0n) is 18.4. The molecule has 0 amide bonds. The zero-order valence-corrected chi connectivity index (χ0v) is 19.3. The topological polar surface area (TPSA) is 98.2 Å². The average Bonchev–Trinajstić information content (AvgIpc) is 2.76. The third kappa shape index (κ3) is 7.25. The van der Waals surface area contributed by atoms with Crippen LogP contribution in [0.2, 0.25) is 0 Å². The molecule has 2 aromatic carbocycles. The number of aliphatic carboxylic acids is 2. The Morgan fingerprint density at radius 1 is 0.969 bits per heavy atom. The summed E-state index contributed by atoms with van der Waals surface area (Å²) in [6.45, 7) is 3.92. The van der Waals surface area contributed by atoms with Crippen molar-refractivity contribution >= 4 is 40.9 Å². The largest absolute Gasteiger partial charge is 0.478 e. The number of ketones is 1. The number of Topliss-reactive ketones (excluding diaryl/α,β-unsaturated/α-hetero) is 1. The lowest BCUT2D eigenvalue weighted by atomic mass is 10.1. The Balaban J connectivity index is 0.000000390. The fourth-order valence-corrected chi connectivity index (χ4v) is 4.21. The first-order chi connectivity index (χ1) is 15.2. The van der Waals surface area contributed by atoms with Crippen molar-refractivity contribution in [1.82, 2.24) is 4.90 Å². The summed E-state index contributed by atoms with van der Waals surface area (Å²) in [5.74, 6) is -2.31. The van der Waals surface area contributed by atoms with Crippen LogP contribution in [0.25, 0.3) is 0 Å². The molecule has 1 aliphatic heterocycles. The summed E-state index contributed by atoms with van der Waals surface area (Å²) < 4.78 is 0. The maximum atomic E-state index is 12.1. The monoisotopic (exact) mass is 456 g/mol. The number of carboxylic acid groups (broad SMARTS) is 2. The molecule has 0 bridgehead atoms. The molecular formula is C24H28N2O5S. The minimum Gasteiger partial charge on any atom is -0.478 e. The van der Waals surface area contributed by atoms with E-state index in [4.69, 9.17) is 10.2 Å². The van der Waals surface area contributed by atoms with Gasteiger partial charge in [0, 0.05) is 40.5 Å². The number of carbonyl (C=O) groups is 3. The Morgan fingerprint density at radius 3 is 2.19 bits per heavy atom. The molecule has 0 aromatic heterocycles. The molecule has 0 saturated heterocycles. The maximum Gasteiger partial charge on any atom is 0.328 e. The SMILES string of the molecule is CCC(=O)c1ccc2c(c1)N(CCCN(C)C)c1ccccc1S2.O=C(O)/C=C/C(=O)O. The highest BCUT2D eigenvalue weighted by Crippen LogP contribution is 2.48. The summed E-state index contributed by atoms with van der Waals surface area (Å²) in [6.07, 6.45) is 2.74. The Bertz CT molecular complexity index is 988. The van der Waals surface area contributed by atoms with E-state index in [1.807, 2.05) is 13.0 Å². The fourth-order valence-electron chi connectivity index (χ4n) is 3.14. The van der Waals surface area contributed by atoms with Crippen molar-refractivity contribution in [2.45, 2.75) is 29.6 Å². The molecule has 8 heteroatoms. The molecule has 2 N–H and O–H groups in total. The summed E-state index contributed by atoms with van der Waals surface area (Å²) >= 11 is 1.79. The molecule has 0 fully saturated rings. The number of nitrogens with zero attached hydrogens (tertiary/aromatic N) is 2. The van der Waals surface area contributed by atoms with Crippen molar-refractivity contribution in [2.75, 3.05) is 32.1 Å². The van der Waals surface area contributed by atoms with E-state index in [0.29, 0.717) is 18.6 Å². The van der Waals surface area contributed by atoms with E-state index in [-0.39, 0.29) is 5.78 Å². The molecule has 7 nitrogen and oxygen atoms in total. The number of rotatable bonds is 8. The molecule has 1 heterocycles. The van der Waals surface area contributed by atoms with Gasteiger partial charge in [-0.3, -0.25) is 4.79 Å². The van der Waals surface area contributed by atoms with Gasteiger partial charge in [0.05, 0.1) is 11.4 Å². The van der Waals surface area contributed by atoms with Gasteiger partial charge in [-0.2, -0.15) is 0 Å². The normalized spacial score (nSPS) is 12.1. The summed E-state index contributed by atoms with van der Waals surface area (Å²) in [6, 6.07) is 14.7. The van der Waals surface area contributed by atoms with E-state index in [9.17, 15) is 14.4 Å². The number of hydrogen-bond acceptors (Lipinski definition) is 6. The van der Waals surface area contributed by atoms with Gasteiger partial charge in [0.1, 0.15) is 0 Å². The van der Waals surface area contributed by atoms with Crippen LogP contribution in [0.1, 0.15) is 30.1 Å². The molecule has 0 spiro atoms. The summed E-state index contributed by atoms with van der Waals surface area (Å²) in [7, 11) is 4.21. The van der Waals surface area contributed by atoms with E-state index in [0.717, 1.165) is 30.8 Å². The quantitative estimate of drug-likeness (QED) is 0.441. The molecule has 0 saturated carbocycles. The van der Waals surface area contributed by atoms with Crippen molar-refractivity contribution in [3.63, 3.8) is 0 Å². The van der Waals surface area contributed by atoms with E-state index >= 15 is 0 Å². The van der Waals surface area contributed by atoms with Gasteiger partial charge in [-0.25, -0.2) is 9.59 Å². The second-order valence-corrected chi connectivity index (χ2v) is 8.43. The van der Waals surface area contributed by atoms with Crippen molar-refractivity contribution < 1.29 is 24.6 Å². The van der Waals surface area contributed by atoms with Crippen molar-refractivity contribution in [1.29, 1.82) is 0 Å². The molecule has 0 unspecified atom stereocenters. The first-order valence-corrected chi connectivity index (χ1v) is 11.0. The third-order valence-corrected chi connectivity index (χ3v) is 5.75. The predicted molar refractivity (Wildman–Crippen MR) is 126 cm³/mol. The van der Waals surface area contributed by atoms with Crippen LogP contribution in [0, 0.1) is 0 Å². The van der Waals surface area contributed by atoms with Gasteiger partial charge in [0.2, 0.25) is 0 Å². The lowest BCUT2D eigenvalue weighted by molar-refractivity contribution is -0.134. The number of para-hydroxylation sites is 1. The number of fused-ring (bicyclic) bond motifs is 2. The molecule has 1 aliphatic rings. The molecule has 2 aromatic rings. The molecule has 3 rings (SSSR count). The molecule has 0 radical (unpaired) electrons. The minimum absolute atomic E-state index is 0.204. The van der Waals surface area contributed by atoms with E-state index < -0.39 is 11.9 Å². The standard InChI is InChI=1S/C20H24N2OS.C4H4O4/c1-4-18(23)15-10-11-20-17(14-15)22(13-7-12-21(2)3)16-8-5-6-9-19(16)24-20;5-3(6)1-2-4(7)8/h5-6,8-11,14H,4,7,12-13H2,1-3H3;1-2H,(H,5,6)(H,7,8)/b;2-1+. The zero-order chi connectivity index (χ0) is 23.7. The third-order valence-electron chi connectivity index (χ3n) is 4.62. The van der Waals surface area contributed by atoms with Crippen molar-refractivity contribution in [2.24, 2.45) is 0 Å². The van der Waals surface area contributed by atoms with Gasteiger partial charge >= 0.3 is 11.9 Å². The van der Waals surface area contributed by atoms with Gasteiger partial charge in [-0.05, 0) is 51.3 Å². The van der Waals surface area contributed by atoms with Gasteiger partial charge < -0.3 is 20.0 Å². The van der Waals surface area contributed by atoms with Crippen LogP contribution in [-0.4, -0.2) is 60.0 Å². The summed E-state index contributed by atoms with van der Waals surface area (Å²) in [4.78, 5) is 38.3. The highest BCUT2D eigenvalue weighted by molar-refractivity contribution is 7.99. The Morgan fingerprint density at radius 2 is 1.59 bits per heavy atom. The van der Waals surface area contributed by atoms with Gasteiger partial charge in [0.15, 0.2) is 5.78 Å². The molecule has 170 valence electrons. The Labute approximate surface area is 192 Å². The first-order valence-electron chi connectivity index (χ1n) is 10.2. The van der Waals surface area contributed by atoms with Crippen LogP contribution in [0.5, 0.6) is 0 Å². The molecule has 0 aliphatic carbocycles. The van der Waals surface area contributed by atoms with E-state index in [2.05, 4.69) is 60.3 Å². The van der Waals surface area contributed by atoms with Gasteiger partial charge in [0.25, 0.3) is 0 Å². The van der Waals surface area contributed by atoms with E-state index in [1.54, 1.807) is 11.8 Å². The van der Waals surface area contributed by atoms with Gasteiger partial charge in [-0.15, -0.1) is 0 Å². The number of carbonyl (C=O) groups excluding carboxylic acids is 1. The van der Waals surface area contributed by atoms with Crippen LogP contribution < -0.4 is 4.90 Å². The Hall–Kier alpha value is -3.10. The Kier molecular flexibility index (Phi) is 9.49. The minimum atomic E-state index is -1.26. The smallest absolute Gasteiger partial charge is 0.328 e. The molecule has 0 atom stereocenters. The van der Waals surface area contributed by atoms with Crippen LogP contribution in [0.15, 0.2) is 64.4 Å². The van der Waals surface area contributed by atoms with Crippen LogP contribution in [0.4, 0.5) is 11.4 Å². The average molecular weight is 457 g/mol. The van der Waals surface area contributed by atoms with Crippen molar-refractivity contribution in [3.8, 4) is 0 Å². The molecular weight excluding hydrogens is 428 g/mol. The summed E-state index contributed by atoms with van der Waals surface area (Å²) in [5, 5.41) is 15.6. The second kappa shape index (κ2) is 12.1. The van der Waals surface area contributed by atoms with Crippen LogP contribution in [0.3, 0.4) is 0 Å². The lowest BCUT2D eigenvalue weighted by Crippen LogP contribution is -2.25. The van der Waals surface area contributed by atoms with Crippen molar-refractivity contribution in [3.05, 3.63) is 60.2 Å². The fraction of sp³-hybridized carbons (Fsp3) is 0.292. The van der Waals surface area contributed by atoms with Gasteiger partial charge in [-0.1, -0.05) is 36.9 Å². The number of benzene rings is 2. The van der Waals surface area contributed by atoms with Crippen LogP contribution in [-0.2, 0) is 9.59 Å². The number of anilines is 2. The molecule has 32 heavy (non-hydrogen) atoms. The summed E-state index contributed by atoms with van der Waals surface area (Å²) in [5.41, 5.74) is 3.22. The number of hydrogen-bond donors (Lipinski definition) is 2.